The van der Waals surface area contributed by atoms with Crippen LogP contribution < -0.4 is 5.32 Å². The topological polar surface area (TPSA) is 166 Å². The Morgan fingerprint density at radius 2 is 1.97 bits per heavy atom. The molecule has 4 rings (SSSR count). The van der Waals surface area contributed by atoms with Crippen molar-refractivity contribution in [2.45, 2.75) is 13.2 Å². The first kappa shape index (κ1) is 27.8. The number of rotatable bonds is 9. The van der Waals surface area contributed by atoms with Crippen molar-refractivity contribution in [3.8, 4) is 28.3 Å². The second-order valence-corrected chi connectivity index (χ2v) is 10.1. The molecule has 0 aromatic carbocycles. The third kappa shape index (κ3) is 7.00. The van der Waals surface area contributed by atoms with E-state index in [1.807, 2.05) is 31.1 Å². The SMILES string of the molecule is CC(OP(=O)(O)O)n1cc(-c2ccnc(C#N)c2)c2cc(-c3cncc(NC(=O)C=CCN(C)C)c3)cnc21. The fraction of sp³-hybridized carbons (Fsp3) is 0.192. The van der Waals surface area contributed by atoms with Gasteiger partial charge in [0.2, 0.25) is 5.91 Å². The number of pyridine rings is 3. The summed E-state index contributed by atoms with van der Waals surface area (Å²) in [5.41, 5.74) is 3.81. The van der Waals surface area contributed by atoms with Crippen molar-refractivity contribution in [2.75, 3.05) is 26.0 Å². The minimum atomic E-state index is -4.78. The highest BCUT2D eigenvalue weighted by atomic mass is 31.2. The molecule has 4 aromatic heterocycles. The lowest BCUT2D eigenvalue weighted by atomic mass is 10.0. The van der Waals surface area contributed by atoms with Crippen LogP contribution in [0.2, 0.25) is 0 Å². The summed E-state index contributed by atoms with van der Waals surface area (Å²) in [4.78, 5) is 45.7. The predicted octanol–water partition coefficient (Wildman–Crippen LogP) is 3.72. The molecule has 1 atom stereocenters. The summed E-state index contributed by atoms with van der Waals surface area (Å²) < 4.78 is 17.9. The normalized spacial score (nSPS) is 12.6. The highest BCUT2D eigenvalue weighted by Crippen LogP contribution is 2.42. The first-order chi connectivity index (χ1) is 18.5. The number of nitrogens with zero attached hydrogens (tertiary/aromatic N) is 6. The zero-order valence-corrected chi connectivity index (χ0v) is 22.3. The van der Waals surface area contributed by atoms with E-state index in [9.17, 15) is 24.4 Å². The van der Waals surface area contributed by atoms with Gasteiger partial charge in [-0.15, -0.1) is 0 Å². The van der Waals surface area contributed by atoms with Gasteiger partial charge in [-0.25, -0.2) is 14.5 Å². The van der Waals surface area contributed by atoms with Gasteiger partial charge in [-0.3, -0.25) is 14.3 Å². The molecule has 0 aliphatic carbocycles. The van der Waals surface area contributed by atoms with E-state index in [2.05, 4.69) is 20.3 Å². The summed E-state index contributed by atoms with van der Waals surface area (Å²) in [5, 5.41) is 12.8. The Hall–Kier alpha value is -4.24. The lowest BCUT2D eigenvalue weighted by Crippen LogP contribution is -2.13. The van der Waals surface area contributed by atoms with Crippen molar-refractivity contribution < 1.29 is 23.7 Å². The fourth-order valence-corrected chi connectivity index (χ4v) is 4.42. The van der Waals surface area contributed by atoms with Crippen molar-refractivity contribution in [3.63, 3.8) is 0 Å². The van der Waals surface area contributed by atoms with Crippen LogP contribution in [0, 0.1) is 11.3 Å². The molecule has 0 bridgehead atoms. The van der Waals surface area contributed by atoms with Crippen LogP contribution in [0.1, 0.15) is 18.8 Å². The number of nitriles is 1. The summed E-state index contributed by atoms with van der Waals surface area (Å²) >= 11 is 0. The zero-order valence-electron chi connectivity index (χ0n) is 21.4. The van der Waals surface area contributed by atoms with E-state index in [4.69, 9.17) is 4.52 Å². The summed E-state index contributed by atoms with van der Waals surface area (Å²) in [5.74, 6) is -0.284. The van der Waals surface area contributed by atoms with Gasteiger partial charge in [0.25, 0.3) is 0 Å². The molecule has 4 heterocycles. The second-order valence-electron chi connectivity index (χ2n) is 8.90. The standard InChI is InChI=1S/C26H26N7O5P/c1-17(38-39(35,36)37)33-16-24(18-6-7-29-21(9-18)12-27)23-11-20(14-30-26(23)33)19-10-22(15-28-13-19)31-25(34)5-4-8-32(2)3/h4-7,9-11,13-17H,8H2,1-3H3,(H,31,34)(H2,35,36,37). The van der Waals surface area contributed by atoms with E-state index in [1.54, 1.807) is 42.9 Å². The minimum Gasteiger partial charge on any atom is -0.321 e. The van der Waals surface area contributed by atoms with E-state index in [0.29, 0.717) is 45.5 Å². The summed E-state index contributed by atoms with van der Waals surface area (Å²) in [6.07, 6.45) is 10.1. The largest absolute Gasteiger partial charge is 0.471 e. The number of carbonyl (C=O) groups is 1. The number of phosphoric ester groups is 1. The predicted molar refractivity (Wildman–Crippen MR) is 145 cm³/mol. The van der Waals surface area contributed by atoms with Gasteiger partial charge in [0, 0.05) is 59.5 Å². The third-order valence-corrected chi connectivity index (χ3v) is 6.20. The molecular weight excluding hydrogens is 521 g/mol. The quantitative estimate of drug-likeness (QED) is 0.208. The average molecular weight is 548 g/mol. The first-order valence-electron chi connectivity index (χ1n) is 11.7. The molecule has 1 unspecified atom stereocenters. The van der Waals surface area contributed by atoms with Gasteiger partial charge in [0.15, 0.2) is 0 Å². The van der Waals surface area contributed by atoms with Crippen molar-refractivity contribution in [2.24, 2.45) is 0 Å². The van der Waals surface area contributed by atoms with Crippen LogP contribution in [0.3, 0.4) is 0 Å². The van der Waals surface area contributed by atoms with Crippen LogP contribution >= 0.6 is 7.82 Å². The maximum absolute atomic E-state index is 12.3. The van der Waals surface area contributed by atoms with E-state index in [1.165, 1.54) is 30.0 Å². The molecule has 0 spiro atoms. The Bertz CT molecular complexity index is 1640. The van der Waals surface area contributed by atoms with E-state index in [0.717, 1.165) is 0 Å². The monoisotopic (exact) mass is 547 g/mol. The molecule has 39 heavy (non-hydrogen) atoms. The number of phosphoric acid groups is 1. The number of hydrogen-bond acceptors (Lipinski definition) is 8. The van der Waals surface area contributed by atoms with Gasteiger partial charge < -0.3 is 24.6 Å². The Morgan fingerprint density at radius 3 is 2.69 bits per heavy atom. The number of aromatic nitrogens is 4. The number of fused-ring (bicyclic) bond motifs is 1. The van der Waals surface area contributed by atoms with Crippen LogP contribution in [-0.2, 0) is 13.9 Å². The lowest BCUT2D eigenvalue weighted by Gasteiger charge is -2.16. The Morgan fingerprint density at radius 1 is 1.21 bits per heavy atom. The number of likely N-dealkylation sites (N-methyl/N-ethyl adjacent to an activating group) is 1. The van der Waals surface area contributed by atoms with Crippen LogP contribution in [-0.4, -0.2) is 60.8 Å². The molecule has 0 radical (unpaired) electrons. The molecule has 0 saturated heterocycles. The molecule has 4 aromatic rings. The number of nitrogens with one attached hydrogen (secondary N) is 1. The van der Waals surface area contributed by atoms with Gasteiger partial charge in [0.05, 0.1) is 11.9 Å². The first-order valence-corrected chi connectivity index (χ1v) is 13.3. The van der Waals surface area contributed by atoms with Crippen molar-refractivity contribution >= 4 is 30.5 Å². The minimum absolute atomic E-state index is 0.212. The number of amides is 1. The Kier molecular flexibility index (Phi) is 8.30. The Balaban J connectivity index is 1.76. The van der Waals surface area contributed by atoms with Gasteiger partial charge in [0.1, 0.15) is 23.6 Å². The van der Waals surface area contributed by atoms with E-state index >= 15 is 0 Å². The van der Waals surface area contributed by atoms with E-state index < -0.39 is 14.1 Å². The number of hydrogen-bond donors (Lipinski definition) is 3. The number of anilines is 1. The molecular formula is C26H26N7O5P. The van der Waals surface area contributed by atoms with Crippen molar-refractivity contribution in [1.82, 2.24) is 24.4 Å². The van der Waals surface area contributed by atoms with E-state index in [-0.39, 0.29) is 11.6 Å². The zero-order chi connectivity index (χ0) is 28.2. The van der Waals surface area contributed by atoms with Crippen LogP contribution in [0.4, 0.5) is 5.69 Å². The van der Waals surface area contributed by atoms with Crippen LogP contribution in [0.25, 0.3) is 33.3 Å². The molecule has 1 amide bonds. The van der Waals surface area contributed by atoms with Crippen LogP contribution in [0.5, 0.6) is 0 Å². The highest BCUT2D eigenvalue weighted by Gasteiger charge is 2.23. The molecule has 0 aliphatic rings. The maximum Gasteiger partial charge on any atom is 0.471 e. The lowest BCUT2D eigenvalue weighted by molar-refractivity contribution is -0.111. The molecule has 13 heteroatoms. The smallest absolute Gasteiger partial charge is 0.321 e. The molecule has 0 saturated carbocycles. The molecule has 3 N–H and O–H groups in total. The van der Waals surface area contributed by atoms with Crippen LogP contribution in [0.15, 0.2) is 67.4 Å². The maximum atomic E-state index is 12.3. The summed E-state index contributed by atoms with van der Waals surface area (Å²) in [6.45, 7) is 2.12. The number of carbonyl (C=O) groups excluding carboxylic acids is 1. The average Bonchev–Trinajstić information content (AvgIpc) is 3.27. The summed E-state index contributed by atoms with van der Waals surface area (Å²) in [7, 11) is -0.969. The second kappa shape index (κ2) is 11.7. The van der Waals surface area contributed by atoms with Gasteiger partial charge in [-0.1, -0.05) is 6.08 Å². The molecule has 12 nitrogen and oxygen atoms in total. The molecule has 0 fully saturated rings. The summed E-state index contributed by atoms with van der Waals surface area (Å²) in [6, 6.07) is 8.97. The van der Waals surface area contributed by atoms with Crippen molar-refractivity contribution in [3.05, 3.63) is 73.1 Å². The highest BCUT2D eigenvalue weighted by molar-refractivity contribution is 7.46. The third-order valence-electron chi connectivity index (χ3n) is 5.62. The van der Waals surface area contributed by atoms with Gasteiger partial charge in [-0.2, -0.15) is 5.26 Å². The van der Waals surface area contributed by atoms with Gasteiger partial charge in [-0.05, 0) is 50.8 Å². The fourth-order valence-electron chi connectivity index (χ4n) is 3.93. The van der Waals surface area contributed by atoms with Gasteiger partial charge >= 0.3 is 7.82 Å². The van der Waals surface area contributed by atoms with Crippen molar-refractivity contribution in [1.29, 1.82) is 5.26 Å². The molecule has 0 aliphatic heterocycles. The Labute approximate surface area is 224 Å². The molecule has 200 valence electrons.